The highest BCUT2D eigenvalue weighted by Gasteiger charge is 2.22. The van der Waals surface area contributed by atoms with Crippen LogP contribution in [0.4, 0.5) is 0 Å². The first-order valence-corrected chi connectivity index (χ1v) is 10.2. The number of aromatic amines is 1. The molecule has 0 bridgehead atoms. The number of nitrogens with zero attached hydrogens (tertiary/aromatic N) is 3. The normalized spacial score (nSPS) is 12.3. The Morgan fingerprint density at radius 1 is 1.00 bits per heavy atom. The smallest absolute Gasteiger partial charge is 0.165 e. The van der Waals surface area contributed by atoms with Crippen LogP contribution in [0.3, 0.4) is 0 Å². The van der Waals surface area contributed by atoms with Crippen molar-refractivity contribution < 1.29 is 5.11 Å². The van der Waals surface area contributed by atoms with E-state index in [4.69, 9.17) is 11.6 Å². The molecule has 0 fully saturated rings. The molecule has 2 aromatic carbocycles. The van der Waals surface area contributed by atoms with Crippen LogP contribution in [0, 0.1) is 0 Å². The number of aliphatic hydroxyl groups is 1. The molecule has 0 amide bonds. The lowest BCUT2D eigenvalue weighted by atomic mass is 10.00. The van der Waals surface area contributed by atoms with Crippen LogP contribution in [-0.4, -0.2) is 25.3 Å². The standard InChI is InChI=1S/C22H15ClN4OS/c23-14-7-5-13(6-8-14)20(28)17-11-19(29-21(17)22-25-12-26-27-22)16-9-10-24-18-4-2-1-3-15(16)18/h1-12,20,28H,(H,25,26,27). The number of H-pyrrole nitrogens is 1. The van der Waals surface area contributed by atoms with Crippen molar-refractivity contribution in [1.82, 2.24) is 20.2 Å². The molecule has 29 heavy (non-hydrogen) atoms. The fourth-order valence-corrected chi connectivity index (χ4v) is 4.68. The van der Waals surface area contributed by atoms with Gasteiger partial charge in [0, 0.05) is 32.6 Å². The average Bonchev–Trinajstić information content (AvgIpc) is 3.43. The van der Waals surface area contributed by atoms with Gasteiger partial charge in [0.1, 0.15) is 12.4 Å². The van der Waals surface area contributed by atoms with Crippen molar-refractivity contribution in [3.8, 4) is 21.1 Å². The van der Waals surface area contributed by atoms with E-state index in [9.17, 15) is 5.11 Å². The van der Waals surface area contributed by atoms with Gasteiger partial charge in [0.2, 0.25) is 0 Å². The monoisotopic (exact) mass is 418 g/mol. The molecule has 1 atom stereocenters. The number of para-hydroxylation sites is 1. The molecule has 1 unspecified atom stereocenters. The Morgan fingerprint density at radius 3 is 2.62 bits per heavy atom. The Bertz CT molecular complexity index is 1280. The number of aliphatic hydroxyl groups excluding tert-OH is 1. The minimum Gasteiger partial charge on any atom is -0.384 e. The minimum absolute atomic E-state index is 0.627. The maximum Gasteiger partial charge on any atom is 0.165 e. The van der Waals surface area contributed by atoms with Crippen LogP contribution in [-0.2, 0) is 0 Å². The number of fused-ring (bicyclic) bond motifs is 1. The molecule has 7 heteroatoms. The number of hydrogen-bond acceptors (Lipinski definition) is 5. The molecule has 0 saturated carbocycles. The number of aromatic nitrogens is 4. The third-order valence-electron chi connectivity index (χ3n) is 4.79. The number of pyridine rings is 1. The topological polar surface area (TPSA) is 74.7 Å². The van der Waals surface area contributed by atoms with E-state index < -0.39 is 6.10 Å². The van der Waals surface area contributed by atoms with E-state index in [0.29, 0.717) is 10.8 Å². The van der Waals surface area contributed by atoms with Crippen molar-refractivity contribution in [1.29, 1.82) is 0 Å². The summed E-state index contributed by atoms with van der Waals surface area (Å²) in [6, 6.07) is 19.3. The molecule has 0 radical (unpaired) electrons. The van der Waals surface area contributed by atoms with Crippen LogP contribution in [0.2, 0.25) is 5.02 Å². The molecule has 0 spiro atoms. The summed E-state index contributed by atoms with van der Waals surface area (Å²) in [7, 11) is 0. The van der Waals surface area contributed by atoms with Crippen molar-refractivity contribution in [2.75, 3.05) is 0 Å². The summed E-state index contributed by atoms with van der Waals surface area (Å²) in [5.74, 6) is 0.627. The lowest BCUT2D eigenvalue weighted by Gasteiger charge is -2.11. The van der Waals surface area contributed by atoms with Crippen LogP contribution in [0.25, 0.3) is 32.0 Å². The molecule has 5 nitrogen and oxygen atoms in total. The first-order valence-electron chi connectivity index (χ1n) is 8.98. The number of rotatable bonds is 4. The van der Waals surface area contributed by atoms with Gasteiger partial charge in [0.15, 0.2) is 5.82 Å². The Morgan fingerprint density at radius 2 is 1.83 bits per heavy atom. The van der Waals surface area contributed by atoms with E-state index in [1.54, 1.807) is 29.7 Å². The molecule has 3 aromatic heterocycles. The van der Waals surface area contributed by atoms with E-state index in [1.807, 2.05) is 42.5 Å². The molecule has 3 heterocycles. The predicted octanol–water partition coefficient (Wildman–Crippen LogP) is 5.48. The van der Waals surface area contributed by atoms with E-state index >= 15 is 0 Å². The summed E-state index contributed by atoms with van der Waals surface area (Å²) in [6.07, 6.45) is 2.46. The molecule has 5 rings (SSSR count). The molecule has 0 aliphatic carbocycles. The van der Waals surface area contributed by atoms with Gasteiger partial charge in [-0.15, -0.1) is 11.3 Å². The summed E-state index contributed by atoms with van der Waals surface area (Å²) in [5, 5.41) is 19.7. The zero-order chi connectivity index (χ0) is 19.8. The molecule has 0 saturated heterocycles. The van der Waals surface area contributed by atoms with E-state index in [0.717, 1.165) is 37.3 Å². The molecule has 0 aliphatic rings. The Balaban J connectivity index is 1.69. The first kappa shape index (κ1) is 18.0. The Hall–Kier alpha value is -3.06. The average molecular weight is 419 g/mol. The van der Waals surface area contributed by atoms with Crippen molar-refractivity contribution in [3.05, 3.63) is 89.3 Å². The second kappa shape index (κ2) is 7.40. The van der Waals surface area contributed by atoms with Crippen LogP contribution >= 0.6 is 22.9 Å². The van der Waals surface area contributed by atoms with Gasteiger partial charge >= 0.3 is 0 Å². The van der Waals surface area contributed by atoms with Crippen LogP contribution < -0.4 is 0 Å². The van der Waals surface area contributed by atoms with E-state index in [-0.39, 0.29) is 0 Å². The Labute approximate surface area is 175 Å². The third-order valence-corrected chi connectivity index (χ3v) is 6.23. The van der Waals surface area contributed by atoms with Gasteiger partial charge in [-0.1, -0.05) is 41.9 Å². The number of halogens is 1. The number of hydrogen-bond donors (Lipinski definition) is 2. The molecule has 142 valence electrons. The lowest BCUT2D eigenvalue weighted by molar-refractivity contribution is 0.221. The van der Waals surface area contributed by atoms with Gasteiger partial charge < -0.3 is 5.11 Å². The SMILES string of the molecule is OC(c1ccc(Cl)cc1)c1cc(-c2ccnc3ccccc23)sc1-c1ncn[nH]1. The summed E-state index contributed by atoms with van der Waals surface area (Å²) >= 11 is 7.57. The fraction of sp³-hybridized carbons (Fsp3) is 0.0455. The highest BCUT2D eigenvalue weighted by Crippen LogP contribution is 2.42. The van der Waals surface area contributed by atoms with Gasteiger partial charge in [-0.25, -0.2) is 4.98 Å². The zero-order valence-corrected chi connectivity index (χ0v) is 16.7. The van der Waals surface area contributed by atoms with Gasteiger partial charge in [0.05, 0.1) is 10.4 Å². The van der Waals surface area contributed by atoms with Gasteiger partial charge in [-0.05, 0) is 35.9 Å². The van der Waals surface area contributed by atoms with Crippen molar-refractivity contribution in [2.24, 2.45) is 0 Å². The summed E-state index contributed by atoms with van der Waals surface area (Å²) < 4.78 is 0. The first-order chi connectivity index (χ1) is 14.2. The second-order valence-corrected chi connectivity index (χ2v) is 8.05. The summed E-state index contributed by atoms with van der Waals surface area (Å²) in [5.41, 5.74) is 3.53. The minimum atomic E-state index is -0.814. The number of thiophene rings is 1. The van der Waals surface area contributed by atoms with E-state index in [2.05, 4.69) is 26.2 Å². The molecular formula is C22H15ClN4OS. The van der Waals surface area contributed by atoms with Crippen molar-refractivity contribution >= 4 is 33.8 Å². The van der Waals surface area contributed by atoms with Crippen LogP contribution in [0.15, 0.2) is 73.2 Å². The van der Waals surface area contributed by atoms with Gasteiger partial charge in [-0.2, -0.15) is 5.10 Å². The largest absolute Gasteiger partial charge is 0.384 e. The zero-order valence-electron chi connectivity index (χ0n) is 15.1. The summed E-state index contributed by atoms with van der Waals surface area (Å²) in [4.78, 5) is 10.6. The number of nitrogens with one attached hydrogen (secondary N) is 1. The Kier molecular flexibility index (Phi) is 4.60. The molecule has 2 N–H and O–H groups in total. The van der Waals surface area contributed by atoms with Gasteiger partial charge in [0.25, 0.3) is 0 Å². The summed E-state index contributed by atoms with van der Waals surface area (Å²) in [6.45, 7) is 0. The highest BCUT2D eigenvalue weighted by molar-refractivity contribution is 7.19. The third kappa shape index (κ3) is 3.31. The molecule has 5 aromatic rings. The second-order valence-electron chi connectivity index (χ2n) is 6.56. The van der Waals surface area contributed by atoms with Gasteiger partial charge in [-0.3, -0.25) is 10.1 Å². The quantitative estimate of drug-likeness (QED) is 0.405. The van der Waals surface area contributed by atoms with Crippen LogP contribution in [0.5, 0.6) is 0 Å². The maximum atomic E-state index is 11.1. The highest BCUT2D eigenvalue weighted by atomic mass is 35.5. The number of benzene rings is 2. The predicted molar refractivity (Wildman–Crippen MR) is 116 cm³/mol. The molecule has 0 aliphatic heterocycles. The maximum absolute atomic E-state index is 11.1. The molecular weight excluding hydrogens is 404 g/mol. The van der Waals surface area contributed by atoms with E-state index in [1.165, 1.54) is 6.33 Å². The van der Waals surface area contributed by atoms with Crippen molar-refractivity contribution in [2.45, 2.75) is 6.10 Å². The fourth-order valence-electron chi connectivity index (χ4n) is 3.38. The van der Waals surface area contributed by atoms with Crippen LogP contribution in [0.1, 0.15) is 17.2 Å². The lowest BCUT2D eigenvalue weighted by Crippen LogP contribution is -2.00. The van der Waals surface area contributed by atoms with Crippen molar-refractivity contribution in [3.63, 3.8) is 0 Å².